The van der Waals surface area contributed by atoms with Crippen LogP contribution < -0.4 is 0 Å². The Balaban J connectivity index is 1.94. The lowest BCUT2D eigenvalue weighted by atomic mass is 9.34. The predicted molar refractivity (Wildman–Crippen MR) is 58.6 cm³/mol. The van der Waals surface area contributed by atoms with E-state index in [1.807, 2.05) is 19.0 Å². The highest BCUT2D eigenvalue weighted by Crippen LogP contribution is 2.74. The highest BCUT2D eigenvalue weighted by Gasteiger charge is 2.74. The van der Waals surface area contributed by atoms with Gasteiger partial charge in [0.05, 0.1) is 12.5 Å². The second-order valence-corrected chi connectivity index (χ2v) is 5.23. The van der Waals surface area contributed by atoms with Crippen LogP contribution in [-0.2, 0) is 14.3 Å². The zero-order valence-corrected chi connectivity index (χ0v) is 9.95. The summed E-state index contributed by atoms with van der Waals surface area (Å²) in [7, 11) is 5.16. The van der Waals surface area contributed by atoms with Gasteiger partial charge in [-0.3, -0.25) is 9.59 Å². The predicted octanol–water partition coefficient (Wildman–Crippen LogP) is 0.974. The highest BCUT2D eigenvalue weighted by molar-refractivity contribution is 6.01. The Bertz CT molecular complexity index is 351. The van der Waals surface area contributed by atoms with E-state index >= 15 is 0 Å². The lowest BCUT2D eigenvalue weighted by Gasteiger charge is -2.67. The van der Waals surface area contributed by atoms with E-state index in [0.717, 1.165) is 0 Å². The smallest absolute Gasteiger partial charge is 0.311 e. The highest BCUT2D eigenvalue weighted by atomic mass is 16.5. The van der Waals surface area contributed by atoms with Crippen LogP contribution in [0.4, 0.5) is 0 Å². The van der Waals surface area contributed by atoms with Crippen LogP contribution in [0.3, 0.4) is 0 Å². The summed E-state index contributed by atoms with van der Waals surface area (Å²) in [6.45, 7) is 0. The molecule has 0 radical (unpaired) electrons. The summed E-state index contributed by atoms with van der Waals surface area (Å²) in [6, 6.07) is 0. The van der Waals surface area contributed by atoms with E-state index in [9.17, 15) is 9.59 Å². The van der Waals surface area contributed by atoms with Gasteiger partial charge in [0, 0.05) is 25.7 Å². The van der Waals surface area contributed by atoms with Crippen LogP contribution in [0.2, 0.25) is 0 Å². The third-order valence-electron chi connectivity index (χ3n) is 3.70. The van der Waals surface area contributed by atoms with Gasteiger partial charge in [-0.15, -0.1) is 0 Å². The molecule has 3 saturated carbocycles. The van der Waals surface area contributed by atoms with Crippen molar-refractivity contribution in [1.29, 1.82) is 0 Å². The van der Waals surface area contributed by atoms with Gasteiger partial charge in [-0.25, -0.2) is 0 Å². The molecule has 3 aliphatic rings. The molecule has 0 aromatic carbocycles. The average Bonchev–Trinajstić information content (AvgIpc) is 2.10. The van der Waals surface area contributed by atoms with Crippen molar-refractivity contribution in [3.63, 3.8) is 0 Å². The summed E-state index contributed by atoms with van der Waals surface area (Å²) >= 11 is 0. The monoisotopic (exact) mass is 223 g/mol. The molecule has 3 aliphatic carbocycles. The van der Waals surface area contributed by atoms with E-state index < -0.39 is 0 Å². The van der Waals surface area contributed by atoms with Crippen molar-refractivity contribution in [2.75, 3.05) is 21.2 Å². The van der Waals surface area contributed by atoms with E-state index in [1.54, 1.807) is 12.3 Å². The summed E-state index contributed by atoms with van der Waals surface area (Å²) in [5, 5.41) is 0. The zero-order chi connectivity index (χ0) is 12.0. The number of carbonyl (C=O) groups excluding carboxylic acids is 2. The summed E-state index contributed by atoms with van der Waals surface area (Å²) in [5.74, 6) is -0.00857. The molecule has 4 nitrogen and oxygen atoms in total. The Labute approximate surface area is 95.2 Å². The second-order valence-electron chi connectivity index (χ2n) is 5.23. The van der Waals surface area contributed by atoms with Gasteiger partial charge < -0.3 is 9.64 Å². The molecular formula is C12H17NO3. The second kappa shape index (κ2) is 3.34. The molecule has 0 N–H and O–H groups in total. The molecule has 4 heteroatoms. The maximum Gasteiger partial charge on any atom is 0.311 e. The summed E-state index contributed by atoms with van der Waals surface area (Å²) in [4.78, 5) is 25.1. The number of hydrogen-bond donors (Lipinski definition) is 0. The lowest BCUT2D eigenvalue weighted by molar-refractivity contribution is -0.219. The van der Waals surface area contributed by atoms with Crippen molar-refractivity contribution in [1.82, 2.24) is 4.90 Å². The van der Waals surface area contributed by atoms with Crippen molar-refractivity contribution in [3.05, 3.63) is 12.3 Å². The fourth-order valence-electron chi connectivity index (χ4n) is 2.88. The Morgan fingerprint density at radius 2 is 1.75 bits per heavy atom. The minimum absolute atomic E-state index is 0.145. The molecule has 0 aliphatic heterocycles. The van der Waals surface area contributed by atoms with Gasteiger partial charge in [0.15, 0.2) is 5.78 Å². The molecule has 0 atom stereocenters. The minimum atomic E-state index is -0.323. The molecule has 0 amide bonds. The Hall–Kier alpha value is -1.32. The Morgan fingerprint density at radius 3 is 2.19 bits per heavy atom. The number of nitrogens with zero attached hydrogens (tertiary/aromatic N) is 1. The molecule has 0 unspecified atom stereocenters. The zero-order valence-electron chi connectivity index (χ0n) is 9.95. The van der Waals surface area contributed by atoms with Gasteiger partial charge >= 0.3 is 5.97 Å². The molecule has 3 rings (SSSR count). The van der Waals surface area contributed by atoms with Crippen molar-refractivity contribution >= 4 is 11.8 Å². The van der Waals surface area contributed by atoms with Gasteiger partial charge in [-0.2, -0.15) is 0 Å². The Kier molecular flexibility index (Phi) is 2.33. The normalized spacial score (nSPS) is 35.2. The largest absolute Gasteiger partial charge is 0.469 e. The SMILES string of the molecule is COC(=O)C12CC(C(=O)/C=C/N(C)C)(C1)C2. The number of esters is 1. The van der Waals surface area contributed by atoms with Crippen LogP contribution in [0.25, 0.3) is 0 Å². The van der Waals surface area contributed by atoms with Crippen molar-refractivity contribution in [2.24, 2.45) is 10.8 Å². The number of carbonyl (C=O) groups is 2. The molecule has 2 bridgehead atoms. The molecule has 0 heterocycles. The minimum Gasteiger partial charge on any atom is -0.469 e. The number of ether oxygens (including phenoxy) is 1. The molecule has 88 valence electrons. The quantitative estimate of drug-likeness (QED) is 0.526. The van der Waals surface area contributed by atoms with Crippen LogP contribution in [-0.4, -0.2) is 37.9 Å². The first kappa shape index (κ1) is 11.2. The van der Waals surface area contributed by atoms with E-state index in [0.29, 0.717) is 19.3 Å². The molecular weight excluding hydrogens is 206 g/mol. The third kappa shape index (κ3) is 1.36. The van der Waals surface area contributed by atoms with Crippen LogP contribution in [0.1, 0.15) is 19.3 Å². The summed E-state index contributed by atoms with van der Waals surface area (Å²) in [5.41, 5.74) is -0.572. The number of rotatable bonds is 4. The number of hydrogen-bond acceptors (Lipinski definition) is 4. The standard InChI is InChI=1S/C12H17NO3/c1-13(2)5-4-9(14)11-6-12(7-11,8-11)10(15)16-3/h4-5H,6-8H2,1-3H3/b5-4+. The van der Waals surface area contributed by atoms with E-state index in [-0.39, 0.29) is 22.6 Å². The number of ketones is 1. The van der Waals surface area contributed by atoms with E-state index in [4.69, 9.17) is 4.74 Å². The van der Waals surface area contributed by atoms with E-state index in [1.165, 1.54) is 7.11 Å². The lowest BCUT2D eigenvalue weighted by Crippen LogP contribution is -2.68. The molecule has 0 aromatic heterocycles. The maximum atomic E-state index is 11.9. The van der Waals surface area contributed by atoms with Crippen LogP contribution in [0.5, 0.6) is 0 Å². The van der Waals surface area contributed by atoms with Gasteiger partial charge in [-0.05, 0) is 25.3 Å². The molecule has 0 spiro atoms. The van der Waals surface area contributed by atoms with Crippen molar-refractivity contribution in [3.8, 4) is 0 Å². The van der Waals surface area contributed by atoms with Gasteiger partial charge in [0.1, 0.15) is 0 Å². The first-order valence-electron chi connectivity index (χ1n) is 5.42. The fourth-order valence-corrected chi connectivity index (χ4v) is 2.88. The first-order chi connectivity index (χ1) is 7.44. The van der Waals surface area contributed by atoms with Gasteiger partial charge in [0.2, 0.25) is 0 Å². The number of allylic oxidation sites excluding steroid dienone is 1. The Morgan fingerprint density at radius 1 is 1.19 bits per heavy atom. The van der Waals surface area contributed by atoms with Crippen LogP contribution in [0, 0.1) is 10.8 Å². The maximum absolute atomic E-state index is 11.9. The third-order valence-corrected chi connectivity index (χ3v) is 3.70. The molecule has 16 heavy (non-hydrogen) atoms. The average molecular weight is 223 g/mol. The van der Waals surface area contributed by atoms with Crippen LogP contribution in [0.15, 0.2) is 12.3 Å². The van der Waals surface area contributed by atoms with Crippen molar-refractivity contribution < 1.29 is 14.3 Å². The molecule has 0 aromatic rings. The topological polar surface area (TPSA) is 46.6 Å². The first-order valence-corrected chi connectivity index (χ1v) is 5.42. The van der Waals surface area contributed by atoms with E-state index in [2.05, 4.69) is 0 Å². The van der Waals surface area contributed by atoms with Gasteiger partial charge in [-0.1, -0.05) is 0 Å². The van der Waals surface area contributed by atoms with Crippen molar-refractivity contribution in [2.45, 2.75) is 19.3 Å². The molecule has 3 fully saturated rings. The molecule has 0 saturated heterocycles. The van der Waals surface area contributed by atoms with Crippen LogP contribution >= 0.6 is 0 Å². The van der Waals surface area contributed by atoms with Gasteiger partial charge in [0.25, 0.3) is 0 Å². The summed E-state index contributed by atoms with van der Waals surface area (Å²) < 4.78 is 4.74. The fraction of sp³-hybridized carbons (Fsp3) is 0.667. The number of methoxy groups -OCH3 is 1. The summed E-state index contributed by atoms with van der Waals surface area (Å²) in [6.07, 6.45) is 5.38.